The average molecular weight is 348 g/mol. The lowest BCUT2D eigenvalue weighted by Crippen LogP contribution is -2.22. The lowest BCUT2D eigenvalue weighted by molar-refractivity contribution is 0.432. The molecule has 0 aliphatic heterocycles. The molecule has 128 valence electrons. The number of benzene rings is 1. The van der Waals surface area contributed by atoms with E-state index in [4.69, 9.17) is 0 Å². The van der Waals surface area contributed by atoms with Gasteiger partial charge in [0, 0.05) is 11.8 Å². The lowest BCUT2D eigenvalue weighted by Gasteiger charge is -2.07. The summed E-state index contributed by atoms with van der Waals surface area (Å²) in [6.07, 6.45) is 3.12. The van der Waals surface area contributed by atoms with Crippen LogP contribution in [0.25, 0.3) is 22.3 Å². The number of phenols is 1. The monoisotopic (exact) mass is 348 g/mol. The minimum absolute atomic E-state index is 0.189. The van der Waals surface area contributed by atoms with Gasteiger partial charge in [-0.3, -0.25) is 14.3 Å². The maximum absolute atomic E-state index is 13.6. The summed E-state index contributed by atoms with van der Waals surface area (Å²) in [5.74, 6) is -1.18. The van der Waals surface area contributed by atoms with Crippen LogP contribution in [0.2, 0.25) is 0 Å². The number of nitrogens with zero attached hydrogens (tertiary/aromatic N) is 4. The van der Waals surface area contributed by atoms with E-state index in [0.29, 0.717) is 16.8 Å². The second-order valence-electron chi connectivity index (χ2n) is 5.73. The summed E-state index contributed by atoms with van der Waals surface area (Å²) in [5.41, 5.74) is 1.95. The highest BCUT2D eigenvalue weighted by Gasteiger charge is 2.10. The number of pyridine rings is 2. The first-order chi connectivity index (χ1) is 12.6. The van der Waals surface area contributed by atoms with Crippen LogP contribution in [0.15, 0.2) is 65.8 Å². The third kappa shape index (κ3) is 2.90. The molecular weight excluding hydrogens is 335 g/mol. The van der Waals surface area contributed by atoms with Gasteiger partial charge in [0.25, 0.3) is 5.56 Å². The minimum atomic E-state index is -0.747. The number of hydrogen-bond donors (Lipinski definition) is 1. The standard InChI is InChI=1S/C19H13FN4O2/c20-14-9-12(4-7-17(14)25)15-5-6-16-18(23-15)19(26)24(11-22-16)10-13-3-1-2-8-21-13/h1-9,11,25H,10H2. The number of aromatic nitrogens is 4. The molecule has 1 N–H and O–H groups in total. The van der Waals surface area contributed by atoms with Gasteiger partial charge in [-0.05, 0) is 42.5 Å². The second-order valence-corrected chi connectivity index (χ2v) is 5.73. The number of aromatic hydroxyl groups is 1. The molecule has 26 heavy (non-hydrogen) atoms. The van der Waals surface area contributed by atoms with Crippen molar-refractivity contribution in [1.29, 1.82) is 0 Å². The summed E-state index contributed by atoms with van der Waals surface area (Å²) in [6, 6.07) is 12.7. The van der Waals surface area contributed by atoms with Crippen molar-refractivity contribution in [3.8, 4) is 17.0 Å². The Bertz CT molecular complexity index is 1160. The quantitative estimate of drug-likeness (QED) is 0.616. The fourth-order valence-corrected chi connectivity index (χ4v) is 2.64. The molecule has 7 heteroatoms. The average Bonchev–Trinajstić information content (AvgIpc) is 2.67. The van der Waals surface area contributed by atoms with E-state index in [1.807, 2.05) is 12.1 Å². The van der Waals surface area contributed by atoms with Gasteiger partial charge in [-0.25, -0.2) is 14.4 Å². The summed E-state index contributed by atoms with van der Waals surface area (Å²) < 4.78 is 15.0. The van der Waals surface area contributed by atoms with Crippen molar-refractivity contribution >= 4 is 11.0 Å². The molecule has 0 amide bonds. The zero-order valence-electron chi connectivity index (χ0n) is 13.5. The van der Waals surface area contributed by atoms with Crippen LogP contribution in [0, 0.1) is 5.82 Å². The SMILES string of the molecule is O=c1c2nc(-c3ccc(O)c(F)c3)ccc2ncn1Cc1ccccn1. The van der Waals surface area contributed by atoms with E-state index in [9.17, 15) is 14.3 Å². The predicted molar refractivity (Wildman–Crippen MR) is 94.2 cm³/mol. The van der Waals surface area contributed by atoms with Crippen LogP contribution in [0.1, 0.15) is 5.69 Å². The van der Waals surface area contributed by atoms with Crippen molar-refractivity contribution in [3.05, 3.63) is 82.9 Å². The van der Waals surface area contributed by atoms with Crippen LogP contribution >= 0.6 is 0 Å². The Morgan fingerprint density at radius 1 is 1.08 bits per heavy atom. The topological polar surface area (TPSA) is 80.9 Å². The van der Waals surface area contributed by atoms with Crippen molar-refractivity contribution in [2.75, 3.05) is 0 Å². The number of fused-ring (bicyclic) bond motifs is 1. The van der Waals surface area contributed by atoms with Gasteiger partial charge in [-0.2, -0.15) is 0 Å². The Kier molecular flexibility index (Phi) is 3.89. The van der Waals surface area contributed by atoms with Crippen LogP contribution in [0.5, 0.6) is 5.75 Å². The largest absolute Gasteiger partial charge is 0.505 e. The maximum atomic E-state index is 13.6. The fourth-order valence-electron chi connectivity index (χ4n) is 2.64. The molecule has 0 saturated heterocycles. The van der Waals surface area contributed by atoms with Crippen molar-refractivity contribution < 1.29 is 9.50 Å². The van der Waals surface area contributed by atoms with E-state index >= 15 is 0 Å². The summed E-state index contributed by atoms with van der Waals surface area (Å²) in [4.78, 5) is 25.6. The molecule has 0 aliphatic carbocycles. The van der Waals surface area contributed by atoms with Gasteiger partial charge in [-0.1, -0.05) is 6.07 Å². The molecule has 0 atom stereocenters. The van der Waals surface area contributed by atoms with Crippen LogP contribution < -0.4 is 5.56 Å². The molecule has 4 aromatic rings. The lowest BCUT2D eigenvalue weighted by atomic mass is 10.1. The Morgan fingerprint density at radius 3 is 2.73 bits per heavy atom. The Hall–Kier alpha value is -3.61. The highest BCUT2D eigenvalue weighted by molar-refractivity contribution is 5.77. The van der Waals surface area contributed by atoms with Crippen molar-refractivity contribution in [2.24, 2.45) is 0 Å². The Labute approximate surface area is 147 Å². The normalized spacial score (nSPS) is 11.0. The molecule has 4 rings (SSSR count). The molecule has 0 bridgehead atoms. The third-order valence-corrected chi connectivity index (χ3v) is 3.98. The molecule has 0 spiro atoms. The highest BCUT2D eigenvalue weighted by Crippen LogP contribution is 2.24. The summed E-state index contributed by atoms with van der Waals surface area (Å²) in [6.45, 7) is 0.280. The number of hydrogen-bond acceptors (Lipinski definition) is 5. The zero-order valence-corrected chi connectivity index (χ0v) is 13.5. The third-order valence-electron chi connectivity index (χ3n) is 3.98. The summed E-state index contributed by atoms with van der Waals surface area (Å²) >= 11 is 0. The Morgan fingerprint density at radius 2 is 1.96 bits per heavy atom. The van der Waals surface area contributed by atoms with E-state index < -0.39 is 11.6 Å². The highest BCUT2D eigenvalue weighted by atomic mass is 19.1. The van der Waals surface area contributed by atoms with Gasteiger partial charge in [0.2, 0.25) is 0 Å². The van der Waals surface area contributed by atoms with Gasteiger partial charge >= 0.3 is 0 Å². The van der Waals surface area contributed by atoms with Crippen molar-refractivity contribution in [1.82, 2.24) is 19.5 Å². The van der Waals surface area contributed by atoms with E-state index in [1.54, 1.807) is 24.4 Å². The number of halogens is 1. The second kappa shape index (κ2) is 6.36. The van der Waals surface area contributed by atoms with Crippen molar-refractivity contribution in [3.63, 3.8) is 0 Å². The smallest absolute Gasteiger partial charge is 0.280 e. The zero-order chi connectivity index (χ0) is 18.1. The molecule has 0 fully saturated rings. The van der Waals surface area contributed by atoms with Gasteiger partial charge < -0.3 is 5.11 Å². The van der Waals surface area contributed by atoms with Gasteiger partial charge in [0.05, 0.1) is 29.8 Å². The van der Waals surface area contributed by atoms with E-state index in [1.165, 1.54) is 29.1 Å². The predicted octanol–water partition coefficient (Wildman–Crippen LogP) is 2.75. The van der Waals surface area contributed by atoms with E-state index in [-0.39, 0.29) is 17.6 Å². The minimum Gasteiger partial charge on any atom is -0.505 e. The van der Waals surface area contributed by atoms with E-state index in [0.717, 1.165) is 5.69 Å². The van der Waals surface area contributed by atoms with Crippen molar-refractivity contribution in [2.45, 2.75) is 6.54 Å². The van der Waals surface area contributed by atoms with E-state index in [2.05, 4.69) is 15.0 Å². The summed E-state index contributed by atoms with van der Waals surface area (Å²) in [5, 5.41) is 9.32. The first kappa shape index (κ1) is 15.9. The van der Waals surface area contributed by atoms with Crippen LogP contribution in [0.4, 0.5) is 4.39 Å². The molecule has 0 saturated carbocycles. The first-order valence-corrected chi connectivity index (χ1v) is 7.87. The Balaban J connectivity index is 1.80. The number of rotatable bonds is 3. The van der Waals surface area contributed by atoms with Crippen LogP contribution in [-0.4, -0.2) is 24.6 Å². The van der Waals surface area contributed by atoms with Gasteiger partial charge in [-0.15, -0.1) is 0 Å². The molecule has 0 unspecified atom stereocenters. The molecule has 1 aromatic carbocycles. The van der Waals surface area contributed by atoms with Crippen LogP contribution in [0.3, 0.4) is 0 Å². The summed E-state index contributed by atoms with van der Waals surface area (Å²) in [7, 11) is 0. The van der Waals surface area contributed by atoms with Gasteiger partial charge in [0.1, 0.15) is 0 Å². The number of phenolic OH excluding ortho intramolecular Hbond substituents is 1. The molecular formula is C19H13FN4O2. The van der Waals surface area contributed by atoms with Gasteiger partial charge in [0.15, 0.2) is 17.1 Å². The molecule has 0 radical (unpaired) electrons. The molecule has 0 aliphatic rings. The molecule has 3 heterocycles. The molecule has 3 aromatic heterocycles. The van der Waals surface area contributed by atoms with Crippen LogP contribution in [-0.2, 0) is 6.54 Å². The first-order valence-electron chi connectivity index (χ1n) is 7.87. The maximum Gasteiger partial charge on any atom is 0.280 e. The molecule has 6 nitrogen and oxygen atoms in total. The fraction of sp³-hybridized carbons (Fsp3) is 0.0526.